The van der Waals surface area contributed by atoms with Crippen LogP contribution in [0.1, 0.15) is 20.3 Å². The second-order valence-corrected chi connectivity index (χ2v) is 8.29. The Hall–Kier alpha value is -2.63. The Bertz CT molecular complexity index is 836. The number of aromatic nitrogens is 1. The van der Waals surface area contributed by atoms with Crippen molar-refractivity contribution in [1.29, 1.82) is 5.26 Å². The van der Waals surface area contributed by atoms with E-state index in [4.69, 9.17) is 5.26 Å². The number of carbonyl (C=O) groups excluding carboxylic acids is 1. The van der Waals surface area contributed by atoms with Gasteiger partial charge in [0.25, 0.3) is 0 Å². The van der Waals surface area contributed by atoms with Gasteiger partial charge in [0.1, 0.15) is 18.4 Å². The number of piperazine rings is 1. The molecule has 2 aromatic heterocycles. The number of thiophene rings is 1. The number of nitrogens with one attached hydrogen (secondary N) is 3. The van der Waals surface area contributed by atoms with Gasteiger partial charge in [-0.1, -0.05) is 13.8 Å². The molecule has 1 fully saturated rings. The molecule has 0 bridgehead atoms. The number of hydrogen-bond donors (Lipinski definition) is 3. The Morgan fingerprint density at radius 1 is 1.34 bits per heavy atom. The van der Waals surface area contributed by atoms with Crippen molar-refractivity contribution in [2.24, 2.45) is 5.92 Å². The van der Waals surface area contributed by atoms with Crippen LogP contribution in [0.2, 0.25) is 0 Å². The highest BCUT2D eigenvalue weighted by molar-refractivity contribution is 7.08. The summed E-state index contributed by atoms with van der Waals surface area (Å²) in [5.74, 6) is 1.19. The van der Waals surface area contributed by atoms with Crippen LogP contribution in [-0.4, -0.2) is 49.7 Å². The second kappa shape index (κ2) is 10.2. The summed E-state index contributed by atoms with van der Waals surface area (Å²) >= 11 is 1.59. The lowest BCUT2D eigenvalue weighted by Crippen LogP contribution is -2.43. The highest BCUT2D eigenvalue weighted by atomic mass is 32.1. The summed E-state index contributed by atoms with van der Waals surface area (Å²) in [6.07, 6.45) is 2.59. The largest absolute Gasteiger partial charge is 0.372 e. The Labute approximate surface area is 176 Å². The van der Waals surface area contributed by atoms with Crippen molar-refractivity contribution < 1.29 is 4.79 Å². The maximum Gasteiger partial charge on any atom is 0.243 e. The van der Waals surface area contributed by atoms with Gasteiger partial charge in [-0.25, -0.2) is 4.98 Å². The molecule has 3 heterocycles. The van der Waals surface area contributed by atoms with E-state index in [9.17, 15) is 4.79 Å². The molecule has 29 heavy (non-hydrogen) atoms. The fourth-order valence-corrected chi connectivity index (χ4v) is 4.20. The molecule has 0 spiro atoms. The van der Waals surface area contributed by atoms with E-state index in [1.807, 2.05) is 17.6 Å². The SMILES string of the molecule is CC(C)C[C@H](Nc1cscc1-c1ccc(N2CCNCC2)nc1)C(=O)NCC#N. The lowest BCUT2D eigenvalue weighted by Gasteiger charge is -2.28. The van der Waals surface area contributed by atoms with Gasteiger partial charge in [-0.15, -0.1) is 11.3 Å². The zero-order chi connectivity index (χ0) is 20.6. The number of rotatable bonds is 8. The Balaban J connectivity index is 1.75. The first-order valence-corrected chi connectivity index (χ1v) is 10.9. The summed E-state index contributed by atoms with van der Waals surface area (Å²) in [5.41, 5.74) is 2.98. The van der Waals surface area contributed by atoms with Crippen molar-refractivity contribution in [3.8, 4) is 17.2 Å². The summed E-state index contributed by atoms with van der Waals surface area (Å²) in [5, 5.41) is 22.2. The first-order chi connectivity index (χ1) is 14.1. The van der Waals surface area contributed by atoms with Crippen LogP contribution in [0.4, 0.5) is 11.5 Å². The van der Waals surface area contributed by atoms with E-state index < -0.39 is 0 Å². The van der Waals surface area contributed by atoms with Gasteiger partial charge in [-0.3, -0.25) is 4.79 Å². The van der Waals surface area contributed by atoms with Gasteiger partial charge in [0.15, 0.2) is 0 Å². The minimum Gasteiger partial charge on any atom is -0.372 e. The van der Waals surface area contributed by atoms with Crippen LogP contribution >= 0.6 is 11.3 Å². The highest BCUT2D eigenvalue weighted by Crippen LogP contribution is 2.33. The third kappa shape index (κ3) is 5.68. The zero-order valence-corrected chi connectivity index (χ0v) is 17.8. The number of carbonyl (C=O) groups is 1. The van der Waals surface area contributed by atoms with E-state index in [1.54, 1.807) is 11.3 Å². The van der Waals surface area contributed by atoms with Crippen LogP contribution in [-0.2, 0) is 4.79 Å². The van der Waals surface area contributed by atoms with Crippen molar-refractivity contribution in [3.05, 3.63) is 29.1 Å². The molecule has 1 saturated heterocycles. The monoisotopic (exact) mass is 412 g/mol. The molecule has 3 rings (SSSR count). The molecule has 0 aromatic carbocycles. The summed E-state index contributed by atoms with van der Waals surface area (Å²) < 4.78 is 0. The van der Waals surface area contributed by atoms with Crippen molar-refractivity contribution >= 4 is 28.7 Å². The standard InChI is InChI=1S/C21H28N6OS/c1-15(2)11-18(21(28)24-6-5-22)26-19-14-29-13-17(19)16-3-4-20(25-12-16)27-9-7-23-8-10-27/h3-4,12-15,18,23,26H,6-11H2,1-2H3,(H,24,28)/t18-/m0/s1. The molecule has 1 atom stereocenters. The molecule has 3 N–H and O–H groups in total. The molecule has 0 unspecified atom stereocenters. The minimum absolute atomic E-state index is 0.0169. The fourth-order valence-electron chi connectivity index (χ4n) is 3.40. The van der Waals surface area contributed by atoms with Crippen LogP contribution in [0, 0.1) is 17.2 Å². The number of nitriles is 1. The second-order valence-electron chi connectivity index (χ2n) is 7.54. The van der Waals surface area contributed by atoms with E-state index in [2.05, 4.69) is 57.2 Å². The molecule has 1 amide bonds. The molecule has 0 radical (unpaired) electrons. The lowest BCUT2D eigenvalue weighted by molar-refractivity contribution is -0.121. The predicted molar refractivity (Wildman–Crippen MR) is 118 cm³/mol. The normalized spacial score (nSPS) is 15.0. The van der Waals surface area contributed by atoms with E-state index in [1.165, 1.54) is 0 Å². The first kappa shape index (κ1) is 21.1. The van der Waals surface area contributed by atoms with Crippen LogP contribution in [0.15, 0.2) is 29.1 Å². The minimum atomic E-state index is -0.384. The summed E-state index contributed by atoms with van der Waals surface area (Å²) in [7, 11) is 0. The summed E-state index contributed by atoms with van der Waals surface area (Å²) in [6.45, 7) is 8.07. The average molecular weight is 413 g/mol. The molecule has 0 saturated carbocycles. The van der Waals surface area contributed by atoms with Crippen LogP contribution in [0.25, 0.3) is 11.1 Å². The number of amides is 1. The Morgan fingerprint density at radius 2 is 2.14 bits per heavy atom. The van der Waals surface area contributed by atoms with Gasteiger partial charge in [0.05, 0.1) is 11.8 Å². The summed E-state index contributed by atoms with van der Waals surface area (Å²) in [4.78, 5) is 19.4. The molecule has 0 aliphatic carbocycles. The molecule has 2 aromatic rings. The molecular formula is C21H28N6OS. The van der Waals surface area contributed by atoms with Gasteiger partial charge < -0.3 is 20.9 Å². The molecule has 7 nitrogen and oxygen atoms in total. The van der Waals surface area contributed by atoms with E-state index in [0.29, 0.717) is 12.3 Å². The number of hydrogen-bond acceptors (Lipinski definition) is 7. The van der Waals surface area contributed by atoms with E-state index in [0.717, 1.165) is 48.8 Å². The maximum absolute atomic E-state index is 12.5. The average Bonchev–Trinajstić information content (AvgIpc) is 3.20. The Morgan fingerprint density at radius 3 is 2.79 bits per heavy atom. The van der Waals surface area contributed by atoms with Crippen LogP contribution in [0.3, 0.4) is 0 Å². The zero-order valence-electron chi connectivity index (χ0n) is 16.9. The number of nitrogens with zero attached hydrogens (tertiary/aromatic N) is 3. The number of anilines is 2. The Kier molecular flexibility index (Phi) is 7.44. The molecule has 8 heteroatoms. The van der Waals surface area contributed by atoms with E-state index in [-0.39, 0.29) is 18.5 Å². The molecule has 1 aliphatic rings. The van der Waals surface area contributed by atoms with Gasteiger partial charge in [-0.05, 0) is 24.5 Å². The third-order valence-corrected chi connectivity index (χ3v) is 5.60. The van der Waals surface area contributed by atoms with Gasteiger partial charge >= 0.3 is 0 Å². The van der Waals surface area contributed by atoms with Crippen LogP contribution < -0.4 is 20.9 Å². The topological polar surface area (TPSA) is 93.1 Å². The smallest absolute Gasteiger partial charge is 0.243 e. The molecular weight excluding hydrogens is 384 g/mol. The number of pyridine rings is 1. The van der Waals surface area contributed by atoms with Crippen molar-refractivity contribution in [2.75, 3.05) is 42.9 Å². The fraction of sp³-hybridized carbons (Fsp3) is 0.476. The quantitative estimate of drug-likeness (QED) is 0.577. The maximum atomic E-state index is 12.5. The van der Waals surface area contributed by atoms with Crippen molar-refractivity contribution in [3.63, 3.8) is 0 Å². The van der Waals surface area contributed by atoms with Crippen LogP contribution in [0.5, 0.6) is 0 Å². The van der Waals surface area contributed by atoms with Gasteiger partial charge in [0, 0.05) is 54.3 Å². The lowest BCUT2D eigenvalue weighted by atomic mass is 10.0. The predicted octanol–water partition coefficient (Wildman–Crippen LogP) is 2.69. The third-order valence-electron chi connectivity index (χ3n) is 4.86. The van der Waals surface area contributed by atoms with Gasteiger partial charge in [0.2, 0.25) is 5.91 Å². The first-order valence-electron chi connectivity index (χ1n) is 9.98. The highest BCUT2D eigenvalue weighted by Gasteiger charge is 2.21. The van der Waals surface area contributed by atoms with Gasteiger partial charge in [-0.2, -0.15) is 5.26 Å². The summed E-state index contributed by atoms with van der Waals surface area (Å²) in [6, 6.07) is 5.73. The van der Waals surface area contributed by atoms with Crippen molar-refractivity contribution in [2.45, 2.75) is 26.3 Å². The van der Waals surface area contributed by atoms with Crippen molar-refractivity contribution in [1.82, 2.24) is 15.6 Å². The molecule has 1 aliphatic heterocycles. The molecule has 154 valence electrons. The van der Waals surface area contributed by atoms with E-state index >= 15 is 0 Å².